The van der Waals surface area contributed by atoms with Crippen molar-refractivity contribution in [1.29, 1.82) is 10.5 Å². The molecule has 0 aromatic heterocycles. The minimum Gasteiger partial charge on any atom is -0.386 e. The molecule has 0 aliphatic carbocycles. The maximum absolute atomic E-state index is 13.0. The van der Waals surface area contributed by atoms with E-state index in [0.717, 1.165) is 0 Å². The number of nitrogens with one attached hydrogen (secondary N) is 2. The number of hydrogen-bond donors (Lipinski definition) is 2. The van der Waals surface area contributed by atoms with Crippen molar-refractivity contribution < 1.29 is 4.39 Å². The zero-order valence-corrected chi connectivity index (χ0v) is 8.58. The van der Waals surface area contributed by atoms with Crippen LogP contribution in [0.2, 0.25) is 0 Å². The summed E-state index contributed by atoms with van der Waals surface area (Å²) in [4.78, 5) is 0. The third-order valence-corrected chi connectivity index (χ3v) is 1.86. The van der Waals surface area contributed by atoms with E-state index in [-0.39, 0.29) is 5.57 Å². The molecular weight excluding hydrogens is 207 g/mol. The van der Waals surface area contributed by atoms with Gasteiger partial charge in [-0.2, -0.15) is 10.5 Å². The smallest absolute Gasteiger partial charge is 0.145 e. The minimum atomic E-state index is -0.398. The van der Waals surface area contributed by atoms with Crippen molar-refractivity contribution in [3.8, 4) is 12.1 Å². The highest BCUT2D eigenvalue weighted by Crippen LogP contribution is 2.22. The van der Waals surface area contributed by atoms with Gasteiger partial charge < -0.3 is 10.6 Å². The predicted molar refractivity (Wildman–Crippen MR) is 58.9 cm³/mol. The normalized spacial score (nSPS) is 8.50. The van der Waals surface area contributed by atoms with Gasteiger partial charge in [0.1, 0.15) is 23.5 Å². The SMILES string of the molecule is CNc1ccc(F)cc1NC=C(C#N)C#N. The maximum atomic E-state index is 13.0. The molecule has 0 radical (unpaired) electrons. The summed E-state index contributed by atoms with van der Waals surface area (Å²) in [5, 5.41) is 22.6. The number of benzene rings is 1. The Kier molecular flexibility index (Phi) is 3.88. The molecular formula is C11H9FN4. The highest BCUT2D eigenvalue weighted by molar-refractivity contribution is 5.70. The van der Waals surface area contributed by atoms with Gasteiger partial charge in [0.25, 0.3) is 0 Å². The van der Waals surface area contributed by atoms with Crippen molar-refractivity contribution >= 4 is 11.4 Å². The van der Waals surface area contributed by atoms with Gasteiger partial charge >= 0.3 is 0 Å². The standard InChI is InChI=1S/C11H9FN4/c1-15-10-3-2-9(12)4-11(10)16-7-8(5-13)6-14/h2-4,7,15-16H,1H3. The Balaban J connectivity index is 2.98. The third kappa shape index (κ3) is 2.73. The summed E-state index contributed by atoms with van der Waals surface area (Å²) in [5.74, 6) is -0.398. The topological polar surface area (TPSA) is 71.6 Å². The van der Waals surface area contributed by atoms with Gasteiger partial charge in [-0.25, -0.2) is 4.39 Å². The van der Waals surface area contributed by atoms with Crippen molar-refractivity contribution in [2.45, 2.75) is 0 Å². The Hall–Kier alpha value is -2.53. The van der Waals surface area contributed by atoms with Crippen LogP contribution in [0.1, 0.15) is 0 Å². The second-order valence-corrected chi connectivity index (χ2v) is 2.87. The van der Waals surface area contributed by atoms with E-state index in [9.17, 15) is 4.39 Å². The van der Waals surface area contributed by atoms with Gasteiger partial charge in [0.05, 0.1) is 11.4 Å². The molecule has 0 saturated heterocycles. The molecule has 5 heteroatoms. The fourth-order valence-corrected chi connectivity index (χ4v) is 1.09. The maximum Gasteiger partial charge on any atom is 0.145 e. The lowest BCUT2D eigenvalue weighted by Crippen LogP contribution is -1.97. The lowest BCUT2D eigenvalue weighted by atomic mass is 10.2. The Labute approximate surface area is 92.6 Å². The molecule has 0 aliphatic rings. The Bertz CT molecular complexity index is 478. The number of halogens is 1. The van der Waals surface area contributed by atoms with E-state index in [2.05, 4.69) is 10.6 Å². The number of anilines is 2. The predicted octanol–water partition coefficient (Wildman–Crippen LogP) is 2.21. The lowest BCUT2D eigenvalue weighted by Gasteiger charge is -2.08. The Morgan fingerprint density at radius 1 is 1.31 bits per heavy atom. The van der Waals surface area contributed by atoms with Gasteiger partial charge in [-0.15, -0.1) is 0 Å². The van der Waals surface area contributed by atoms with Crippen molar-refractivity contribution in [3.05, 3.63) is 35.8 Å². The van der Waals surface area contributed by atoms with Gasteiger partial charge in [0, 0.05) is 13.2 Å². The van der Waals surface area contributed by atoms with Crippen LogP contribution in [0, 0.1) is 28.5 Å². The zero-order valence-electron chi connectivity index (χ0n) is 8.58. The van der Waals surface area contributed by atoms with Crippen LogP contribution in [0.25, 0.3) is 0 Å². The van der Waals surface area contributed by atoms with Gasteiger partial charge in [-0.05, 0) is 18.2 Å². The van der Waals surface area contributed by atoms with Crippen LogP contribution >= 0.6 is 0 Å². The first-order valence-corrected chi connectivity index (χ1v) is 4.45. The third-order valence-electron chi connectivity index (χ3n) is 1.86. The molecule has 1 rings (SSSR count). The average Bonchev–Trinajstić information content (AvgIpc) is 2.30. The van der Waals surface area contributed by atoms with E-state index >= 15 is 0 Å². The van der Waals surface area contributed by atoms with E-state index in [0.29, 0.717) is 11.4 Å². The van der Waals surface area contributed by atoms with Crippen LogP contribution in [0.15, 0.2) is 30.0 Å². The second-order valence-electron chi connectivity index (χ2n) is 2.87. The number of allylic oxidation sites excluding steroid dienone is 1. The molecule has 0 amide bonds. The molecule has 4 nitrogen and oxygen atoms in total. The zero-order chi connectivity index (χ0) is 12.0. The van der Waals surface area contributed by atoms with Crippen LogP contribution in [0.4, 0.5) is 15.8 Å². The van der Waals surface area contributed by atoms with Crippen molar-refractivity contribution in [1.82, 2.24) is 0 Å². The molecule has 0 saturated carbocycles. The van der Waals surface area contributed by atoms with Crippen LogP contribution in [0.3, 0.4) is 0 Å². The first-order valence-electron chi connectivity index (χ1n) is 4.45. The van der Waals surface area contributed by atoms with Gasteiger partial charge in [-0.3, -0.25) is 0 Å². The molecule has 80 valence electrons. The summed E-state index contributed by atoms with van der Waals surface area (Å²) < 4.78 is 13.0. The van der Waals surface area contributed by atoms with Crippen LogP contribution in [-0.2, 0) is 0 Å². The molecule has 16 heavy (non-hydrogen) atoms. The molecule has 0 bridgehead atoms. The summed E-state index contributed by atoms with van der Waals surface area (Å²) in [6, 6.07) is 7.54. The monoisotopic (exact) mass is 216 g/mol. The van der Waals surface area contributed by atoms with E-state index in [4.69, 9.17) is 10.5 Å². The summed E-state index contributed by atoms with van der Waals surface area (Å²) in [7, 11) is 1.69. The molecule has 1 aromatic rings. The van der Waals surface area contributed by atoms with E-state index in [1.165, 1.54) is 18.3 Å². The van der Waals surface area contributed by atoms with E-state index in [1.807, 2.05) is 0 Å². The minimum absolute atomic E-state index is 0.0775. The first-order chi connectivity index (χ1) is 7.71. The molecule has 1 aromatic carbocycles. The molecule has 2 N–H and O–H groups in total. The highest BCUT2D eigenvalue weighted by atomic mass is 19.1. The second kappa shape index (κ2) is 5.38. The highest BCUT2D eigenvalue weighted by Gasteiger charge is 2.01. The summed E-state index contributed by atoms with van der Waals surface area (Å²) >= 11 is 0. The lowest BCUT2D eigenvalue weighted by molar-refractivity contribution is 0.628. The molecule has 0 spiro atoms. The van der Waals surface area contributed by atoms with Gasteiger partial charge in [0.15, 0.2) is 0 Å². The van der Waals surface area contributed by atoms with Crippen LogP contribution in [0.5, 0.6) is 0 Å². The van der Waals surface area contributed by atoms with Crippen molar-refractivity contribution in [2.24, 2.45) is 0 Å². The molecule has 0 atom stereocenters. The first kappa shape index (κ1) is 11.5. The fraction of sp³-hybridized carbons (Fsp3) is 0.0909. The quantitative estimate of drug-likeness (QED) is 0.760. The number of nitrogens with zero attached hydrogens (tertiary/aromatic N) is 2. The summed E-state index contributed by atoms with van der Waals surface area (Å²) in [6.07, 6.45) is 1.23. The van der Waals surface area contributed by atoms with E-state index < -0.39 is 5.82 Å². The van der Waals surface area contributed by atoms with Crippen LogP contribution in [-0.4, -0.2) is 7.05 Å². The molecule has 0 heterocycles. The van der Waals surface area contributed by atoms with Crippen LogP contribution < -0.4 is 10.6 Å². The Morgan fingerprint density at radius 2 is 2.00 bits per heavy atom. The summed E-state index contributed by atoms with van der Waals surface area (Å²) in [6.45, 7) is 0. The van der Waals surface area contributed by atoms with Crippen molar-refractivity contribution in [3.63, 3.8) is 0 Å². The van der Waals surface area contributed by atoms with Crippen molar-refractivity contribution in [2.75, 3.05) is 17.7 Å². The molecule has 0 fully saturated rings. The average molecular weight is 216 g/mol. The number of hydrogen-bond acceptors (Lipinski definition) is 4. The fourth-order valence-electron chi connectivity index (χ4n) is 1.09. The number of nitriles is 2. The van der Waals surface area contributed by atoms with Gasteiger partial charge in [-0.1, -0.05) is 0 Å². The van der Waals surface area contributed by atoms with Gasteiger partial charge in [0.2, 0.25) is 0 Å². The number of rotatable bonds is 3. The molecule has 0 aliphatic heterocycles. The largest absolute Gasteiger partial charge is 0.386 e. The molecule has 0 unspecified atom stereocenters. The van der Waals surface area contributed by atoms with E-state index in [1.54, 1.807) is 25.3 Å². The summed E-state index contributed by atoms with van der Waals surface area (Å²) in [5.41, 5.74) is 1.06. The Morgan fingerprint density at radius 3 is 2.56 bits per heavy atom.